The van der Waals surface area contributed by atoms with Crippen molar-refractivity contribution in [2.45, 2.75) is 37.0 Å². The smallest absolute Gasteiger partial charge is 0 e. The zero-order valence-electron chi connectivity index (χ0n) is 26.5. The van der Waals surface area contributed by atoms with Crippen molar-refractivity contribution in [3.63, 3.8) is 0 Å². The minimum absolute atomic E-state index is 0. The van der Waals surface area contributed by atoms with Crippen LogP contribution in [0.1, 0.15) is 25.3 Å². The fraction of sp³-hybridized carbons (Fsp3) is 0.150. The quantitative estimate of drug-likeness (QED) is 0.131. The molecule has 0 fully saturated rings. The molecule has 8 aromatic rings. The maximum Gasteiger partial charge on any atom is 0 e. The summed E-state index contributed by atoms with van der Waals surface area (Å²) in [4.78, 5) is 9.13. The Morgan fingerprint density at radius 3 is 2.22 bits per heavy atom. The van der Waals surface area contributed by atoms with Gasteiger partial charge in [0.2, 0.25) is 0 Å². The number of furan rings is 2. The monoisotopic (exact) mass is 841 g/mol. The molecule has 46 heavy (non-hydrogen) atoms. The van der Waals surface area contributed by atoms with Crippen LogP contribution >= 0.6 is 0 Å². The Kier molecular flexibility index (Phi) is 9.02. The van der Waals surface area contributed by atoms with Crippen LogP contribution in [0.2, 0.25) is 17.3 Å². The standard InChI is InChI=1S/C26H18NO2.C14H16GeN.Ir/c1-15(2)16-12-13-27-21(14-16)19-7-5-8-20-24-23(29-25(19)20)11-10-18-17-6-3-4-9-22(17)28-26(18)24;1-15(2,3)13-9-10-14(16-11-13)12-7-5-4-6-8-12;/h3-6,8-15H,1-2H3;4-7,9-11H,1-3H3;/q2*-1;. The molecule has 1 radical (unpaired) electrons. The molecule has 0 aliphatic rings. The fourth-order valence-corrected chi connectivity index (χ4v) is 7.86. The minimum Gasteiger partial charge on any atom is 0 e. The second kappa shape index (κ2) is 13.0. The summed E-state index contributed by atoms with van der Waals surface area (Å²) in [6.07, 6.45) is 3.90. The Hall–Kier alpha value is -4.03. The number of benzene rings is 4. The number of rotatable bonds is 4. The molecular weight excluding hydrogens is 805 g/mol. The van der Waals surface area contributed by atoms with E-state index in [9.17, 15) is 0 Å². The predicted octanol–water partition coefficient (Wildman–Crippen LogP) is 10.6. The van der Waals surface area contributed by atoms with Gasteiger partial charge in [-0.1, -0.05) is 54.6 Å². The van der Waals surface area contributed by atoms with Crippen molar-refractivity contribution < 1.29 is 28.9 Å². The number of pyridine rings is 2. The molecule has 231 valence electrons. The second-order valence-corrected chi connectivity index (χ2v) is 23.4. The summed E-state index contributed by atoms with van der Waals surface area (Å²) in [6, 6.07) is 39.2. The maximum atomic E-state index is 6.31. The van der Waals surface area contributed by atoms with Gasteiger partial charge in [-0.25, -0.2) is 0 Å². The van der Waals surface area contributed by atoms with Gasteiger partial charge in [-0.2, -0.15) is 0 Å². The Morgan fingerprint density at radius 2 is 1.48 bits per heavy atom. The first-order valence-corrected chi connectivity index (χ1v) is 22.7. The van der Waals surface area contributed by atoms with Crippen LogP contribution in [0.5, 0.6) is 0 Å². The number of hydrogen-bond acceptors (Lipinski definition) is 4. The van der Waals surface area contributed by atoms with E-state index in [2.05, 4.69) is 89.6 Å². The Labute approximate surface area is 285 Å². The van der Waals surface area contributed by atoms with Crippen molar-refractivity contribution in [1.82, 2.24) is 9.97 Å². The van der Waals surface area contributed by atoms with E-state index in [-0.39, 0.29) is 20.1 Å². The average molecular weight is 840 g/mol. The second-order valence-electron chi connectivity index (χ2n) is 12.7. The number of nitrogens with zero attached hydrogens (tertiary/aromatic N) is 2. The molecular formula is C40H34GeIrN2O2-2. The maximum absolute atomic E-state index is 6.31. The fourth-order valence-electron chi connectivity index (χ4n) is 5.69. The van der Waals surface area contributed by atoms with Crippen LogP contribution in [0.4, 0.5) is 0 Å². The molecule has 8 rings (SSSR count). The van der Waals surface area contributed by atoms with Gasteiger partial charge in [0, 0.05) is 37.1 Å². The first-order chi connectivity index (χ1) is 21.8. The van der Waals surface area contributed by atoms with Crippen LogP contribution in [0.25, 0.3) is 66.4 Å². The van der Waals surface area contributed by atoms with Gasteiger partial charge in [-0.05, 0) is 35.9 Å². The Balaban J connectivity index is 0.000000187. The van der Waals surface area contributed by atoms with Gasteiger partial charge in [-0.3, -0.25) is 0 Å². The summed E-state index contributed by atoms with van der Waals surface area (Å²) in [6.45, 7) is 4.37. The first kappa shape index (κ1) is 31.9. The minimum atomic E-state index is -1.72. The van der Waals surface area contributed by atoms with Gasteiger partial charge in [0.25, 0.3) is 0 Å². The summed E-state index contributed by atoms with van der Waals surface area (Å²) < 4.78 is 14.0. The van der Waals surface area contributed by atoms with Crippen molar-refractivity contribution in [1.29, 1.82) is 0 Å². The molecule has 4 aromatic carbocycles. The van der Waals surface area contributed by atoms with Gasteiger partial charge < -0.3 is 13.8 Å². The van der Waals surface area contributed by atoms with E-state index in [1.807, 2.05) is 73.1 Å². The van der Waals surface area contributed by atoms with E-state index < -0.39 is 13.3 Å². The van der Waals surface area contributed by atoms with E-state index in [4.69, 9.17) is 8.83 Å². The molecule has 4 heterocycles. The van der Waals surface area contributed by atoms with Crippen LogP contribution in [0.3, 0.4) is 0 Å². The van der Waals surface area contributed by atoms with E-state index in [1.54, 1.807) is 0 Å². The van der Waals surface area contributed by atoms with Crippen molar-refractivity contribution in [3.05, 3.63) is 127 Å². The predicted molar refractivity (Wildman–Crippen MR) is 189 cm³/mol. The molecule has 4 nitrogen and oxygen atoms in total. The van der Waals surface area contributed by atoms with Crippen LogP contribution in [0.15, 0.2) is 118 Å². The van der Waals surface area contributed by atoms with E-state index in [0.29, 0.717) is 5.92 Å². The van der Waals surface area contributed by atoms with Crippen LogP contribution in [-0.2, 0) is 20.1 Å². The largest absolute Gasteiger partial charge is 0 e. The normalized spacial score (nSPS) is 11.6. The van der Waals surface area contributed by atoms with Gasteiger partial charge in [0.1, 0.15) is 16.7 Å². The first-order valence-electron chi connectivity index (χ1n) is 15.3. The summed E-state index contributed by atoms with van der Waals surface area (Å²) in [5.74, 6) is 7.57. The molecule has 0 saturated heterocycles. The van der Waals surface area contributed by atoms with Crippen molar-refractivity contribution >= 4 is 61.5 Å². The third kappa shape index (κ3) is 6.07. The van der Waals surface area contributed by atoms with Crippen molar-refractivity contribution in [2.24, 2.45) is 0 Å². The van der Waals surface area contributed by atoms with Crippen LogP contribution < -0.4 is 4.40 Å². The molecule has 0 bridgehead atoms. The van der Waals surface area contributed by atoms with Crippen molar-refractivity contribution in [3.8, 4) is 22.5 Å². The number of aromatic nitrogens is 2. The SMILES string of the molecule is CC(C)c1ccnc(-c2[c-]ccc3c2oc2ccc4c5ccccc5oc4c23)c1.[CH3][Ge]([CH3])([CH3])[c]1ccc(-c2[c-]cccc2)nc1.[Ir]. The summed E-state index contributed by atoms with van der Waals surface area (Å²) in [5, 5.41) is 4.25. The van der Waals surface area contributed by atoms with Crippen molar-refractivity contribution in [2.75, 3.05) is 0 Å². The van der Waals surface area contributed by atoms with Gasteiger partial charge >= 0.3 is 99.8 Å². The third-order valence-electron chi connectivity index (χ3n) is 8.26. The van der Waals surface area contributed by atoms with Crippen LogP contribution in [-0.4, -0.2) is 23.2 Å². The van der Waals surface area contributed by atoms with Gasteiger partial charge in [-0.15, -0.1) is 18.2 Å². The molecule has 6 heteroatoms. The molecule has 0 aliphatic carbocycles. The number of fused-ring (bicyclic) bond motifs is 7. The van der Waals surface area contributed by atoms with E-state index in [0.717, 1.165) is 66.4 Å². The molecule has 0 saturated carbocycles. The Morgan fingerprint density at radius 1 is 0.674 bits per heavy atom. The number of hydrogen-bond donors (Lipinski definition) is 0. The molecule has 0 unspecified atom stereocenters. The van der Waals surface area contributed by atoms with Gasteiger partial charge in [0.05, 0.1) is 11.0 Å². The number of para-hydroxylation sites is 1. The molecule has 0 N–H and O–H groups in total. The summed E-state index contributed by atoms with van der Waals surface area (Å²) in [5.41, 5.74) is 8.44. The summed E-state index contributed by atoms with van der Waals surface area (Å²) >= 11 is -1.72. The third-order valence-corrected chi connectivity index (χ3v) is 12.5. The average Bonchev–Trinajstić information content (AvgIpc) is 3.63. The molecule has 4 aromatic heterocycles. The summed E-state index contributed by atoms with van der Waals surface area (Å²) in [7, 11) is 0. The van der Waals surface area contributed by atoms with Crippen LogP contribution in [0, 0.1) is 12.1 Å². The Bertz CT molecular complexity index is 2280. The van der Waals surface area contributed by atoms with E-state index >= 15 is 0 Å². The molecule has 0 aliphatic heterocycles. The molecule has 0 spiro atoms. The van der Waals surface area contributed by atoms with E-state index in [1.165, 1.54) is 9.96 Å². The zero-order chi connectivity index (χ0) is 31.1. The molecule has 0 amide bonds. The van der Waals surface area contributed by atoms with Gasteiger partial charge in [0.15, 0.2) is 0 Å². The molecule has 0 atom stereocenters. The topological polar surface area (TPSA) is 52.1 Å². The zero-order valence-corrected chi connectivity index (χ0v) is 31.0.